The van der Waals surface area contributed by atoms with Crippen molar-refractivity contribution in [3.8, 4) is 0 Å². The van der Waals surface area contributed by atoms with Crippen LogP contribution < -0.4 is 4.90 Å². The molecule has 0 fully saturated rings. The quantitative estimate of drug-likeness (QED) is 0.683. The maximum Gasteiger partial charge on any atom is 0.342 e. The molecular weight excluding hydrogens is 260 g/mol. The molecule has 2 rings (SSSR count). The highest BCUT2D eigenvalue weighted by molar-refractivity contribution is 5.96. The van der Waals surface area contributed by atoms with E-state index in [1.807, 2.05) is 6.07 Å². The van der Waals surface area contributed by atoms with Gasteiger partial charge in [-0.05, 0) is 24.3 Å². The second-order valence-corrected chi connectivity index (χ2v) is 4.13. The molecule has 2 aromatic rings. The number of nitro groups is 1. The van der Waals surface area contributed by atoms with Gasteiger partial charge in [0.1, 0.15) is 11.3 Å². The first-order chi connectivity index (χ1) is 9.52. The Morgan fingerprint density at radius 1 is 1.15 bits per heavy atom. The van der Waals surface area contributed by atoms with Gasteiger partial charge >= 0.3 is 11.7 Å². The van der Waals surface area contributed by atoms with Crippen molar-refractivity contribution < 1.29 is 14.8 Å². The van der Waals surface area contributed by atoms with Crippen LogP contribution in [0, 0.1) is 10.1 Å². The summed E-state index contributed by atoms with van der Waals surface area (Å²) in [6, 6.07) is 13.3. The molecule has 0 spiro atoms. The summed E-state index contributed by atoms with van der Waals surface area (Å²) in [6.45, 7) is 0. The van der Waals surface area contributed by atoms with Crippen molar-refractivity contribution in [2.75, 3.05) is 11.9 Å². The van der Waals surface area contributed by atoms with Crippen molar-refractivity contribution in [3.05, 3.63) is 64.2 Å². The maximum absolute atomic E-state index is 11.2. The van der Waals surface area contributed by atoms with Crippen LogP contribution in [0.4, 0.5) is 17.1 Å². The van der Waals surface area contributed by atoms with E-state index in [9.17, 15) is 14.9 Å². The van der Waals surface area contributed by atoms with Gasteiger partial charge in [-0.2, -0.15) is 0 Å². The number of nitrogens with zero attached hydrogens (tertiary/aromatic N) is 2. The number of benzene rings is 2. The number of hydrogen-bond acceptors (Lipinski definition) is 4. The highest BCUT2D eigenvalue weighted by Crippen LogP contribution is 2.34. The molecule has 20 heavy (non-hydrogen) atoms. The Morgan fingerprint density at radius 2 is 1.80 bits per heavy atom. The molecule has 0 saturated carbocycles. The Labute approximate surface area is 115 Å². The molecule has 0 aliphatic carbocycles. The average molecular weight is 272 g/mol. The summed E-state index contributed by atoms with van der Waals surface area (Å²) in [7, 11) is 1.66. The molecule has 2 aromatic carbocycles. The molecule has 102 valence electrons. The number of hydrogen-bond donors (Lipinski definition) is 1. The molecule has 6 nitrogen and oxygen atoms in total. The van der Waals surface area contributed by atoms with Crippen LogP contribution in [0.3, 0.4) is 0 Å². The summed E-state index contributed by atoms with van der Waals surface area (Å²) in [5.74, 6) is -1.32. The fourth-order valence-electron chi connectivity index (χ4n) is 1.96. The Balaban J connectivity index is 2.60. The molecule has 1 N–H and O–H groups in total. The molecular formula is C14H12N2O4. The first kappa shape index (κ1) is 13.5. The van der Waals surface area contributed by atoms with Gasteiger partial charge < -0.3 is 10.0 Å². The molecule has 0 radical (unpaired) electrons. The number of rotatable bonds is 4. The summed E-state index contributed by atoms with van der Waals surface area (Å²) < 4.78 is 0. The number of aromatic carboxylic acids is 1. The molecule has 0 saturated heterocycles. The molecule has 0 bridgehead atoms. The van der Waals surface area contributed by atoms with Crippen LogP contribution in [0.15, 0.2) is 48.5 Å². The monoisotopic (exact) mass is 272 g/mol. The second kappa shape index (κ2) is 5.40. The van der Waals surface area contributed by atoms with Crippen molar-refractivity contribution in [3.63, 3.8) is 0 Å². The van der Waals surface area contributed by atoms with Gasteiger partial charge in [-0.3, -0.25) is 10.1 Å². The van der Waals surface area contributed by atoms with E-state index in [1.165, 1.54) is 18.2 Å². The molecule has 0 aliphatic heterocycles. The van der Waals surface area contributed by atoms with Crippen molar-refractivity contribution in [1.29, 1.82) is 0 Å². The van der Waals surface area contributed by atoms with Gasteiger partial charge in [-0.15, -0.1) is 0 Å². The summed E-state index contributed by atoms with van der Waals surface area (Å²) in [5, 5.41) is 20.3. The summed E-state index contributed by atoms with van der Waals surface area (Å²) in [4.78, 5) is 23.2. The number of anilines is 2. The van der Waals surface area contributed by atoms with Crippen molar-refractivity contribution in [1.82, 2.24) is 0 Å². The van der Waals surface area contributed by atoms with Crippen LogP contribution in [0.5, 0.6) is 0 Å². The van der Waals surface area contributed by atoms with Crippen LogP contribution in [-0.4, -0.2) is 23.0 Å². The lowest BCUT2D eigenvalue weighted by Gasteiger charge is -2.19. The van der Waals surface area contributed by atoms with Gasteiger partial charge in [0, 0.05) is 12.7 Å². The number of nitro benzene ring substituents is 1. The summed E-state index contributed by atoms with van der Waals surface area (Å²) in [5.41, 5.74) is 0.237. The zero-order valence-electron chi connectivity index (χ0n) is 10.7. The van der Waals surface area contributed by atoms with Crippen LogP contribution >= 0.6 is 0 Å². The summed E-state index contributed by atoms with van der Waals surface area (Å²) in [6.07, 6.45) is 0. The van der Waals surface area contributed by atoms with Crippen LogP contribution in [0.25, 0.3) is 0 Å². The molecule has 0 heterocycles. The van der Waals surface area contributed by atoms with E-state index < -0.39 is 16.6 Å². The highest BCUT2D eigenvalue weighted by Gasteiger charge is 2.26. The highest BCUT2D eigenvalue weighted by atomic mass is 16.6. The second-order valence-electron chi connectivity index (χ2n) is 4.13. The SMILES string of the molecule is CN(c1ccccc1)c1cccc(C(=O)O)c1[N+](=O)[O-]. The van der Waals surface area contributed by atoms with E-state index in [0.717, 1.165) is 5.69 Å². The lowest BCUT2D eigenvalue weighted by atomic mass is 10.1. The largest absolute Gasteiger partial charge is 0.477 e. The lowest BCUT2D eigenvalue weighted by Crippen LogP contribution is -2.13. The molecule has 0 unspecified atom stereocenters. The van der Waals surface area contributed by atoms with E-state index in [4.69, 9.17) is 5.11 Å². The van der Waals surface area contributed by atoms with Crippen LogP contribution in [-0.2, 0) is 0 Å². The third-order valence-corrected chi connectivity index (χ3v) is 2.93. The zero-order valence-corrected chi connectivity index (χ0v) is 10.7. The van der Waals surface area contributed by atoms with Gasteiger partial charge in [0.05, 0.1) is 4.92 Å². The van der Waals surface area contributed by atoms with E-state index in [-0.39, 0.29) is 11.3 Å². The first-order valence-corrected chi connectivity index (χ1v) is 5.82. The minimum absolute atomic E-state index is 0.237. The van der Waals surface area contributed by atoms with Crippen LogP contribution in [0.1, 0.15) is 10.4 Å². The summed E-state index contributed by atoms with van der Waals surface area (Å²) >= 11 is 0. The molecule has 0 aliphatic rings. The smallest absolute Gasteiger partial charge is 0.342 e. The van der Waals surface area contributed by atoms with Crippen molar-refractivity contribution >= 4 is 23.0 Å². The number of para-hydroxylation sites is 2. The normalized spacial score (nSPS) is 10.1. The Hall–Kier alpha value is -2.89. The Morgan fingerprint density at radius 3 is 2.35 bits per heavy atom. The third kappa shape index (κ3) is 2.44. The number of carbonyl (C=O) groups is 1. The third-order valence-electron chi connectivity index (χ3n) is 2.93. The van der Waals surface area contributed by atoms with E-state index in [0.29, 0.717) is 0 Å². The molecule has 0 aromatic heterocycles. The fourth-order valence-corrected chi connectivity index (χ4v) is 1.96. The van der Waals surface area contributed by atoms with Gasteiger partial charge in [0.2, 0.25) is 0 Å². The maximum atomic E-state index is 11.2. The lowest BCUT2D eigenvalue weighted by molar-refractivity contribution is -0.384. The first-order valence-electron chi connectivity index (χ1n) is 5.82. The van der Waals surface area contributed by atoms with E-state index in [2.05, 4.69) is 0 Å². The van der Waals surface area contributed by atoms with Gasteiger partial charge in [-0.25, -0.2) is 4.79 Å². The Bertz CT molecular complexity index is 655. The standard InChI is InChI=1S/C14H12N2O4/c1-15(10-6-3-2-4-7-10)12-9-5-8-11(14(17)18)13(12)16(19)20/h2-9H,1H3,(H,17,18). The van der Waals surface area contributed by atoms with E-state index >= 15 is 0 Å². The predicted octanol–water partition coefficient (Wildman–Crippen LogP) is 3.06. The Kier molecular flexibility index (Phi) is 3.65. The molecule has 6 heteroatoms. The molecule has 0 amide bonds. The topological polar surface area (TPSA) is 83.7 Å². The number of carboxylic acid groups (broad SMARTS) is 1. The van der Waals surface area contributed by atoms with Gasteiger partial charge in [0.15, 0.2) is 0 Å². The molecule has 0 atom stereocenters. The van der Waals surface area contributed by atoms with Crippen molar-refractivity contribution in [2.24, 2.45) is 0 Å². The van der Waals surface area contributed by atoms with Gasteiger partial charge in [-0.1, -0.05) is 24.3 Å². The minimum atomic E-state index is -1.32. The van der Waals surface area contributed by atoms with Crippen molar-refractivity contribution in [2.45, 2.75) is 0 Å². The minimum Gasteiger partial charge on any atom is -0.477 e. The van der Waals surface area contributed by atoms with E-state index in [1.54, 1.807) is 36.2 Å². The fraction of sp³-hybridized carbons (Fsp3) is 0.0714. The predicted molar refractivity (Wildman–Crippen MR) is 74.6 cm³/mol. The number of carboxylic acids is 1. The van der Waals surface area contributed by atoms with Gasteiger partial charge in [0.25, 0.3) is 0 Å². The van der Waals surface area contributed by atoms with Crippen LogP contribution in [0.2, 0.25) is 0 Å². The average Bonchev–Trinajstić information content (AvgIpc) is 2.46. The zero-order chi connectivity index (χ0) is 14.7.